The van der Waals surface area contributed by atoms with Crippen molar-refractivity contribution in [2.45, 2.75) is 24.4 Å². The largest absolute Gasteiger partial charge is 0.306 e. The number of anilines is 2. The van der Waals surface area contributed by atoms with Gasteiger partial charge in [0.2, 0.25) is 11.8 Å². The third-order valence-corrected chi connectivity index (χ3v) is 7.47. The van der Waals surface area contributed by atoms with Crippen LogP contribution < -0.4 is 9.80 Å². The van der Waals surface area contributed by atoms with E-state index in [4.69, 9.17) is 0 Å². The van der Waals surface area contributed by atoms with E-state index in [2.05, 4.69) is 11.5 Å². The van der Waals surface area contributed by atoms with Crippen LogP contribution in [0.3, 0.4) is 0 Å². The van der Waals surface area contributed by atoms with Crippen LogP contribution in [-0.2, 0) is 19.9 Å². The normalized spacial score (nSPS) is 31.5. The number of carbonyl (C=O) groups excluding carboxylic acids is 3. The monoisotopic (exact) mass is 413 g/mol. The van der Waals surface area contributed by atoms with E-state index in [-0.39, 0.29) is 23.8 Å². The van der Waals surface area contributed by atoms with E-state index < -0.39 is 17.4 Å². The first-order chi connectivity index (χ1) is 15.1. The SMILES string of the molecule is C=CCN1C(=O)[C@]2(c3ccccc31)[C@@H]1C(=O)N(c3ccccc3)C(=O)[C@H]1[C@@H]1CCCN12. The molecule has 4 aliphatic rings. The summed E-state index contributed by atoms with van der Waals surface area (Å²) in [5.41, 5.74) is 1.12. The average Bonchev–Trinajstić information content (AvgIpc) is 3.48. The molecule has 0 unspecified atom stereocenters. The number of hydrogen-bond acceptors (Lipinski definition) is 4. The van der Waals surface area contributed by atoms with Crippen LogP contribution in [0.15, 0.2) is 67.3 Å². The van der Waals surface area contributed by atoms with Gasteiger partial charge in [-0.1, -0.05) is 42.5 Å². The lowest BCUT2D eigenvalue weighted by Gasteiger charge is -2.37. The molecule has 1 spiro atoms. The van der Waals surface area contributed by atoms with Crippen LogP contribution in [0.2, 0.25) is 0 Å². The van der Waals surface area contributed by atoms with Gasteiger partial charge in [-0.2, -0.15) is 0 Å². The van der Waals surface area contributed by atoms with Gasteiger partial charge in [0, 0.05) is 23.8 Å². The number of imide groups is 1. The molecule has 0 aromatic heterocycles. The van der Waals surface area contributed by atoms with Crippen molar-refractivity contribution in [3.05, 3.63) is 72.8 Å². The number of para-hydroxylation sites is 2. The number of nitrogens with zero attached hydrogens (tertiary/aromatic N) is 3. The van der Waals surface area contributed by atoms with E-state index >= 15 is 0 Å². The fraction of sp³-hybridized carbons (Fsp3) is 0.320. The van der Waals surface area contributed by atoms with Gasteiger partial charge in [0.15, 0.2) is 0 Å². The summed E-state index contributed by atoms with van der Waals surface area (Å²) in [6.07, 6.45) is 3.44. The molecule has 6 heteroatoms. The summed E-state index contributed by atoms with van der Waals surface area (Å²) >= 11 is 0. The van der Waals surface area contributed by atoms with Gasteiger partial charge >= 0.3 is 0 Å². The highest BCUT2D eigenvalue weighted by Crippen LogP contribution is 2.61. The van der Waals surface area contributed by atoms with Crippen molar-refractivity contribution in [1.29, 1.82) is 0 Å². The van der Waals surface area contributed by atoms with Crippen molar-refractivity contribution < 1.29 is 14.4 Å². The van der Waals surface area contributed by atoms with Crippen molar-refractivity contribution in [1.82, 2.24) is 4.90 Å². The molecule has 6 nitrogen and oxygen atoms in total. The minimum atomic E-state index is -1.12. The zero-order chi connectivity index (χ0) is 21.3. The molecular formula is C25H23N3O3. The molecular weight excluding hydrogens is 390 g/mol. The Morgan fingerprint density at radius 1 is 1.00 bits per heavy atom. The van der Waals surface area contributed by atoms with Crippen molar-refractivity contribution in [2.24, 2.45) is 11.8 Å². The summed E-state index contributed by atoms with van der Waals surface area (Å²) in [6.45, 7) is 4.91. The Bertz CT molecular complexity index is 1130. The van der Waals surface area contributed by atoms with Gasteiger partial charge in [0.05, 0.1) is 17.5 Å². The van der Waals surface area contributed by atoms with Gasteiger partial charge < -0.3 is 4.90 Å². The number of carbonyl (C=O) groups is 3. The highest BCUT2D eigenvalue weighted by atomic mass is 16.2. The zero-order valence-electron chi connectivity index (χ0n) is 17.1. The van der Waals surface area contributed by atoms with Crippen LogP contribution in [0.25, 0.3) is 0 Å². The maximum atomic E-state index is 14.1. The predicted molar refractivity (Wildman–Crippen MR) is 116 cm³/mol. The van der Waals surface area contributed by atoms with E-state index in [0.717, 1.165) is 24.1 Å². The fourth-order valence-corrected chi connectivity index (χ4v) is 6.48. The lowest BCUT2D eigenvalue weighted by Crippen LogP contribution is -2.56. The van der Waals surface area contributed by atoms with Crippen LogP contribution >= 0.6 is 0 Å². The Labute approximate surface area is 180 Å². The standard InChI is InChI=1S/C25H23N3O3/c1-2-14-26-18-12-7-6-11-17(18)25(24(26)31)21-20(19-13-8-15-27(19)25)22(29)28(23(21)30)16-9-4-3-5-10-16/h2-7,9-12,19-21H,1,8,13-15H2/t19-,20-,21-,25-/m0/s1. The zero-order valence-corrected chi connectivity index (χ0v) is 17.1. The molecule has 2 aromatic rings. The third kappa shape index (κ3) is 2.08. The number of hydrogen-bond donors (Lipinski definition) is 0. The first-order valence-corrected chi connectivity index (χ1v) is 10.8. The van der Waals surface area contributed by atoms with Crippen LogP contribution in [0, 0.1) is 11.8 Å². The Morgan fingerprint density at radius 3 is 2.52 bits per heavy atom. The summed E-state index contributed by atoms with van der Waals surface area (Å²) in [6, 6.07) is 16.7. The molecule has 0 aliphatic carbocycles. The summed E-state index contributed by atoms with van der Waals surface area (Å²) in [5, 5.41) is 0. The molecule has 0 N–H and O–H groups in total. The van der Waals surface area contributed by atoms with Crippen molar-refractivity contribution in [2.75, 3.05) is 22.9 Å². The molecule has 156 valence electrons. The molecule has 0 radical (unpaired) electrons. The number of benzene rings is 2. The van der Waals surface area contributed by atoms with Crippen LogP contribution in [0.4, 0.5) is 11.4 Å². The second-order valence-corrected chi connectivity index (χ2v) is 8.74. The maximum Gasteiger partial charge on any atom is 0.253 e. The van der Waals surface area contributed by atoms with Gasteiger partial charge in [-0.15, -0.1) is 6.58 Å². The van der Waals surface area contributed by atoms with Crippen LogP contribution in [0.5, 0.6) is 0 Å². The summed E-state index contributed by atoms with van der Waals surface area (Å²) in [4.78, 5) is 46.9. The summed E-state index contributed by atoms with van der Waals surface area (Å²) in [7, 11) is 0. The molecule has 2 aromatic carbocycles. The van der Waals surface area contributed by atoms with E-state index in [9.17, 15) is 14.4 Å². The van der Waals surface area contributed by atoms with E-state index in [1.807, 2.05) is 42.5 Å². The fourth-order valence-electron chi connectivity index (χ4n) is 6.48. The number of amides is 3. The maximum absolute atomic E-state index is 14.1. The van der Waals surface area contributed by atoms with E-state index in [1.165, 1.54) is 4.90 Å². The van der Waals surface area contributed by atoms with Gasteiger partial charge in [0.1, 0.15) is 5.54 Å². The molecule has 31 heavy (non-hydrogen) atoms. The Balaban J connectivity index is 1.58. The summed E-state index contributed by atoms with van der Waals surface area (Å²) < 4.78 is 0. The molecule has 6 rings (SSSR count). The first-order valence-electron chi connectivity index (χ1n) is 10.8. The topological polar surface area (TPSA) is 60.9 Å². The molecule has 4 aliphatic heterocycles. The minimum Gasteiger partial charge on any atom is -0.306 e. The highest BCUT2D eigenvalue weighted by molar-refractivity contribution is 6.26. The van der Waals surface area contributed by atoms with Gasteiger partial charge in [-0.25, -0.2) is 4.90 Å². The molecule has 4 heterocycles. The Morgan fingerprint density at radius 2 is 1.74 bits per heavy atom. The highest BCUT2D eigenvalue weighted by Gasteiger charge is 2.75. The van der Waals surface area contributed by atoms with Crippen molar-refractivity contribution in [3.63, 3.8) is 0 Å². The number of rotatable bonds is 3. The van der Waals surface area contributed by atoms with E-state index in [1.54, 1.807) is 23.1 Å². The van der Waals surface area contributed by atoms with Crippen LogP contribution in [-0.4, -0.2) is 41.8 Å². The minimum absolute atomic E-state index is 0.101. The van der Waals surface area contributed by atoms with Crippen LogP contribution in [0.1, 0.15) is 18.4 Å². The lowest BCUT2D eigenvalue weighted by atomic mass is 9.75. The third-order valence-electron chi connectivity index (χ3n) is 7.47. The molecule has 4 atom stereocenters. The molecule has 3 fully saturated rings. The molecule has 3 saturated heterocycles. The quantitative estimate of drug-likeness (QED) is 0.574. The van der Waals surface area contributed by atoms with E-state index in [0.29, 0.717) is 18.8 Å². The average molecular weight is 413 g/mol. The second-order valence-electron chi connectivity index (χ2n) is 8.74. The Kier molecular flexibility index (Phi) is 3.81. The molecule has 0 bridgehead atoms. The van der Waals surface area contributed by atoms with Crippen molar-refractivity contribution >= 4 is 29.1 Å². The van der Waals surface area contributed by atoms with Gasteiger partial charge in [-0.3, -0.25) is 19.3 Å². The first kappa shape index (κ1) is 18.5. The molecule has 0 saturated carbocycles. The smallest absolute Gasteiger partial charge is 0.253 e. The van der Waals surface area contributed by atoms with Gasteiger partial charge in [0.25, 0.3) is 5.91 Å². The number of fused-ring (bicyclic) bond motifs is 7. The van der Waals surface area contributed by atoms with Crippen molar-refractivity contribution in [3.8, 4) is 0 Å². The summed E-state index contributed by atoms with van der Waals surface area (Å²) in [5.74, 6) is -1.77. The Hall–Kier alpha value is -3.25. The van der Waals surface area contributed by atoms with Gasteiger partial charge in [-0.05, 0) is 37.6 Å². The predicted octanol–water partition coefficient (Wildman–Crippen LogP) is 2.70. The molecule has 3 amide bonds. The second kappa shape index (κ2) is 6.37. The lowest BCUT2D eigenvalue weighted by molar-refractivity contribution is -0.137.